The molecule has 0 saturated heterocycles. The van der Waals surface area contributed by atoms with Gasteiger partial charge in [0.2, 0.25) is 0 Å². The van der Waals surface area contributed by atoms with Gasteiger partial charge in [-0.3, -0.25) is 16.3 Å². The lowest BCUT2D eigenvalue weighted by molar-refractivity contribution is 0.480. The molecule has 0 spiro atoms. The van der Waals surface area contributed by atoms with E-state index in [4.69, 9.17) is 5.84 Å². The van der Waals surface area contributed by atoms with Crippen molar-refractivity contribution in [2.24, 2.45) is 5.84 Å². The number of nitrogens with zero attached hydrogens (tertiary/aromatic N) is 1. The number of pyridine rings is 1. The third-order valence-corrected chi connectivity index (χ3v) is 3.73. The quantitative estimate of drug-likeness (QED) is 0.629. The first-order chi connectivity index (χ1) is 9.69. The average Bonchev–Trinajstić information content (AvgIpc) is 2.48. The van der Waals surface area contributed by atoms with Gasteiger partial charge in [0.1, 0.15) is 5.82 Å². The molecule has 0 aliphatic carbocycles. The smallest absolute Gasteiger partial charge is 0.126 e. The van der Waals surface area contributed by atoms with E-state index in [1.54, 1.807) is 24.5 Å². The second kappa shape index (κ2) is 7.47. The normalized spacial score (nSPS) is 12.3. The SMILES string of the molecule is NNC(CCc1ccncc1)Cc1cc(Br)ccc1F. The predicted octanol–water partition coefficient (Wildman–Crippen LogP) is 2.99. The molecule has 2 aromatic rings. The van der Waals surface area contributed by atoms with E-state index in [1.165, 1.54) is 11.6 Å². The molecule has 1 aromatic carbocycles. The molecular formula is C15H17BrFN3. The molecule has 0 aliphatic rings. The lowest BCUT2D eigenvalue weighted by Gasteiger charge is -2.16. The van der Waals surface area contributed by atoms with Crippen LogP contribution >= 0.6 is 15.9 Å². The van der Waals surface area contributed by atoms with Crippen LogP contribution in [-0.4, -0.2) is 11.0 Å². The predicted molar refractivity (Wildman–Crippen MR) is 81.5 cm³/mol. The molecule has 2 rings (SSSR count). The number of halogens is 2. The Hall–Kier alpha value is -1.30. The number of nitrogens with two attached hydrogens (primary N) is 1. The molecule has 1 atom stereocenters. The molecule has 0 bridgehead atoms. The van der Waals surface area contributed by atoms with E-state index in [1.807, 2.05) is 12.1 Å². The Bertz CT molecular complexity index is 548. The highest BCUT2D eigenvalue weighted by Gasteiger charge is 2.11. The van der Waals surface area contributed by atoms with Crippen LogP contribution in [0.2, 0.25) is 0 Å². The van der Waals surface area contributed by atoms with Crippen LogP contribution in [0.1, 0.15) is 17.5 Å². The van der Waals surface area contributed by atoms with E-state index in [2.05, 4.69) is 26.3 Å². The lowest BCUT2D eigenvalue weighted by Crippen LogP contribution is -2.37. The zero-order valence-corrected chi connectivity index (χ0v) is 12.6. The van der Waals surface area contributed by atoms with Crippen molar-refractivity contribution in [1.29, 1.82) is 0 Å². The molecule has 106 valence electrons. The third-order valence-electron chi connectivity index (χ3n) is 3.24. The largest absolute Gasteiger partial charge is 0.271 e. The Kier molecular flexibility index (Phi) is 5.64. The van der Waals surface area contributed by atoms with Crippen molar-refractivity contribution in [3.8, 4) is 0 Å². The van der Waals surface area contributed by atoms with Crippen LogP contribution in [-0.2, 0) is 12.8 Å². The first-order valence-corrected chi connectivity index (χ1v) is 7.27. The maximum Gasteiger partial charge on any atom is 0.126 e. The van der Waals surface area contributed by atoms with E-state index >= 15 is 0 Å². The fraction of sp³-hybridized carbons (Fsp3) is 0.267. The topological polar surface area (TPSA) is 50.9 Å². The zero-order valence-electron chi connectivity index (χ0n) is 11.0. The Labute approximate surface area is 126 Å². The molecule has 3 nitrogen and oxygen atoms in total. The van der Waals surface area contributed by atoms with Crippen LogP contribution < -0.4 is 11.3 Å². The number of rotatable bonds is 6. The molecule has 0 amide bonds. The van der Waals surface area contributed by atoms with Gasteiger partial charge in [0.15, 0.2) is 0 Å². The Morgan fingerprint density at radius 1 is 1.25 bits per heavy atom. The molecule has 3 N–H and O–H groups in total. The molecule has 0 saturated carbocycles. The number of benzene rings is 1. The summed E-state index contributed by atoms with van der Waals surface area (Å²) < 4.78 is 14.6. The van der Waals surface area contributed by atoms with Crippen molar-refractivity contribution in [1.82, 2.24) is 10.4 Å². The molecule has 1 unspecified atom stereocenters. The van der Waals surface area contributed by atoms with E-state index in [0.717, 1.165) is 17.3 Å². The summed E-state index contributed by atoms with van der Waals surface area (Å²) >= 11 is 3.36. The highest BCUT2D eigenvalue weighted by Crippen LogP contribution is 2.18. The number of hydrogen-bond donors (Lipinski definition) is 2. The highest BCUT2D eigenvalue weighted by atomic mass is 79.9. The van der Waals surface area contributed by atoms with Crippen LogP contribution in [0.4, 0.5) is 4.39 Å². The Morgan fingerprint density at radius 2 is 2.00 bits per heavy atom. The van der Waals surface area contributed by atoms with Crippen LogP contribution in [0, 0.1) is 5.82 Å². The number of hydrogen-bond acceptors (Lipinski definition) is 3. The first kappa shape index (κ1) is 15.1. The monoisotopic (exact) mass is 337 g/mol. The van der Waals surface area contributed by atoms with Gasteiger partial charge in [-0.25, -0.2) is 4.39 Å². The van der Waals surface area contributed by atoms with Crippen molar-refractivity contribution in [2.45, 2.75) is 25.3 Å². The van der Waals surface area contributed by atoms with Crippen LogP contribution in [0.3, 0.4) is 0 Å². The maximum atomic E-state index is 13.7. The molecule has 1 heterocycles. The van der Waals surface area contributed by atoms with Crippen molar-refractivity contribution >= 4 is 15.9 Å². The van der Waals surface area contributed by atoms with E-state index in [9.17, 15) is 4.39 Å². The summed E-state index contributed by atoms with van der Waals surface area (Å²) in [5, 5.41) is 0. The van der Waals surface area contributed by atoms with Gasteiger partial charge in [-0.15, -0.1) is 0 Å². The van der Waals surface area contributed by atoms with Crippen molar-refractivity contribution in [3.05, 3.63) is 64.1 Å². The molecule has 1 aromatic heterocycles. The number of aryl methyl sites for hydroxylation is 1. The second-order valence-corrected chi connectivity index (χ2v) is 5.61. The van der Waals surface area contributed by atoms with Crippen LogP contribution in [0.25, 0.3) is 0 Å². The van der Waals surface area contributed by atoms with E-state index in [0.29, 0.717) is 12.0 Å². The summed E-state index contributed by atoms with van der Waals surface area (Å²) in [4.78, 5) is 3.99. The third kappa shape index (κ3) is 4.37. The van der Waals surface area contributed by atoms with Gasteiger partial charge in [0, 0.05) is 22.9 Å². The van der Waals surface area contributed by atoms with Crippen molar-refractivity contribution in [2.75, 3.05) is 0 Å². The Morgan fingerprint density at radius 3 is 2.70 bits per heavy atom. The van der Waals surface area contributed by atoms with Gasteiger partial charge in [-0.2, -0.15) is 0 Å². The van der Waals surface area contributed by atoms with Crippen LogP contribution in [0.15, 0.2) is 47.2 Å². The average molecular weight is 338 g/mol. The summed E-state index contributed by atoms with van der Waals surface area (Å²) in [5.41, 5.74) is 4.64. The Balaban J connectivity index is 1.97. The number of hydrazine groups is 1. The van der Waals surface area contributed by atoms with Crippen molar-refractivity contribution < 1.29 is 4.39 Å². The minimum Gasteiger partial charge on any atom is -0.271 e. The zero-order chi connectivity index (χ0) is 14.4. The molecule has 0 aliphatic heterocycles. The van der Waals surface area contributed by atoms with Gasteiger partial charge in [0.25, 0.3) is 0 Å². The summed E-state index contributed by atoms with van der Waals surface area (Å²) in [6, 6.07) is 8.95. The van der Waals surface area contributed by atoms with Crippen molar-refractivity contribution in [3.63, 3.8) is 0 Å². The maximum absolute atomic E-state index is 13.7. The van der Waals surface area contributed by atoms with E-state index in [-0.39, 0.29) is 11.9 Å². The van der Waals surface area contributed by atoms with Gasteiger partial charge >= 0.3 is 0 Å². The molecule has 0 radical (unpaired) electrons. The second-order valence-electron chi connectivity index (χ2n) is 4.70. The molecule has 5 heteroatoms. The summed E-state index contributed by atoms with van der Waals surface area (Å²) in [6.07, 6.45) is 5.83. The summed E-state index contributed by atoms with van der Waals surface area (Å²) in [5.74, 6) is 5.38. The fourth-order valence-corrected chi connectivity index (χ4v) is 2.51. The molecule has 0 fully saturated rings. The molecular weight excluding hydrogens is 321 g/mol. The number of nitrogens with one attached hydrogen (secondary N) is 1. The first-order valence-electron chi connectivity index (χ1n) is 6.48. The van der Waals surface area contributed by atoms with Gasteiger partial charge in [-0.05, 0) is 60.7 Å². The van der Waals surface area contributed by atoms with E-state index < -0.39 is 0 Å². The highest BCUT2D eigenvalue weighted by molar-refractivity contribution is 9.10. The van der Waals surface area contributed by atoms with Crippen LogP contribution in [0.5, 0.6) is 0 Å². The minimum absolute atomic E-state index is 0.0342. The van der Waals surface area contributed by atoms with Gasteiger partial charge < -0.3 is 0 Å². The summed E-state index contributed by atoms with van der Waals surface area (Å²) in [7, 11) is 0. The van der Waals surface area contributed by atoms with Gasteiger partial charge in [-0.1, -0.05) is 15.9 Å². The minimum atomic E-state index is -0.197. The molecule has 20 heavy (non-hydrogen) atoms. The standard InChI is InChI=1S/C15H17BrFN3/c16-13-2-4-15(17)12(9-13)10-14(20-18)3-1-11-5-7-19-8-6-11/h2,4-9,14,20H,1,3,10,18H2. The number of aromatic nitrogens is 1. The lowest BCUT2D eigenvalue weighted by atomic mass is 9.99. The van der Waals surface area contributed by atoms with Gasteiger partial charge in [0.05, 0.1) is 0 Å². The summed E-state index contributed by atoms with van der Waals surface area (Å²) in [6.45, 7) is 0. The fourth-order valence-electron chi connectivity index (χ4n) is 2.10.